The molecule has 0 aliphatic heterocycles. The minimum atomic E-state index is -0.297. The fourth-order valence-corrected chi connectivity index (χ4v) is 3.06. The van der Waals surface area contributed by atoms with Gasteiger partial charge in [-0.25, -0.2) is 4.39 Å². The number of fused-ring (bicyclic) bond motifs is 1. The van der Waals surface area contributed by atoms with Crippen molar-refractivity contribution in [2.75, 3.05) is 14.2 Å². The Labute approximate surface area is 150 Å². The summed E-state index contributed by atoms with van der Waals surface area (Å²) in [5, 5.41) is 0.737. The van der Waals surface area contributed by atoms with Gasteiger partial charge in [0.25, 0.3) is 0 Å². The molecule has 0 atom stereocenters. The Kier molecular flexibility index (Phi) is 4.09. The van der Waals surface area contributed by atoms with E-state index in [0.29, 0.717) is 11.3 Å². The lowest BCUT2D eigenvalue weighted by molar-refractivity contribution is 0.414. The molecule has 0 saturated carbocycles. The minimum Gasteiger partial charge on any atom is -0.497 e. The standard InChI is InChI=1S/C22H17FO3/c1-24-17-8-3-14(4-9-17)21-19-13-16(23)7-12-20(19)26-22(21)15-5-10-18(25-2)11-6-15/h3-13H,1-2H3. The van der Waals surface area contributed by atoms with E-state index in [1.165, 1.54) is 12.1 Å². The van der Waals surface area contributed by atoms with E-state index in [0.717, 1.165) is 33.6 Å². The van der Waals surface area contributed by atoms with Crippen LogP contribution in [0.25, 0.3) is 33.4 Å². The Hall–Kier alpha value is -3.27. The largest absolute Gasteiger partial charge is 0.497 e. The van der Waals surface area contributed by atoms with E-state index in [4.69, 9.17) is 13.9 Å². The van der Waals surface area contributed by atoms with Crippen LogP contribution in [0.5, 0.6) is 11.5 Å². The molecule has 0 amide bonds. The number of hydrogen-bond donors (Lipinski definition) is 0. The third-order valence-electron chi connectivity index (χ3n) is 4.38. The van der Waals surface area contributed by atoms with Crippen molar-refractivity contribution in [2.45, 2.75) is 0 Å². The first-order chi connectivity index (χ1) is 12.7. The predicted molar refractivity (Wildman–Crippen MR) is 100 cm³/mol. The van der Waals surface area contributed by atoms with Crippen LogP contribution in [0.2, 0.25) is 0 Å². The van der Waals surface area contributed by atoms with E-state index in [2.05, 4.69) is 0 Å². The molecule has 4 heteroatoms. The van der Waals surface area contributed by atoms with Crippen molar-refractivity contribution in [1.29, 1.82) is 0 Å². The molecule has 0 unspecified atom stereocenters. The smallest absolute Gasteiger partial charge is 0.143 e. The molecule has 3 aromatic carbocycles. The molecule has 1 heterocycles. The molecule has 0 radical (unpaired) electrons. The Balaban J connectivity index is 1.96. The molecule has 0 aliphatic rings. The summed E-state index contributed by atoms with van der Waals surface area (Å²) in [4.78, 5) is 0. The molecular weight excluding hydrogens is 331 g/mol. The van der Waals surface area contributed by atoms with Gasteiger partial charge in [-0.05, 0) is 60.2 Å². The Morgan fingerprint density at radius 2 is 1.31 bits per heavy atom. The average Bonchev–Trinajstić information content (AvgIpc) is 3.06. The highest BCUT2D eigenvalue weighted by atomic mass is 19.1. The van der Waals surface area contributed by atoms with Crippen LogP contribution in [-0.4, -0.2) is 14.2 Å². The topological polar surface area (TPSA) is 31.6 Å². The molecule has 3 nitrogen and oxygen atoms in total. The quantitative estimate of drug-likeness (QED) is 0.458. The predicted octanol–water partition coefficient (Wildman–Crippen LogP) is 5.92. The van der Waals surface area contributed by atoms with Gasteiger partial charge in [0.2, 0.25) is 0 Å². The van der Waals surface area contributed by atoms with Crippen LogP contribution in [0.4, 0.5) is 4.39 Å². The summed E-state index contributed by atoms with van der Waals surface area (Å²) in [6.07, 6.45) is 0. The van der Waals surface area contributed by atoms with Crippen molar-refractivity contribution < 1.29 is 18.3 Å². The molecule has 0 N–H and O–H groups in total. The summed E-state index contributed by atoms with van der Waals surface area (Å²) in [6, 6.07) is 19.8. The Morgan fingerprint density at radius 3 is 1.88 bits per heavy atom. The number of furan rings is 1. The fraction of sp³-hybridized carbons (Fsp3) is 0.0909. The molecule has 0 fully saturated rings. The molecule has 0 spiro atoms. The van der Waals surface area contributed by atoms with Crippen molar-refractivity contribution in [3.8, 4) is 33.9 Å². The van der Waals surface area contributed by atoms with Crippen molar-refractivity contribution >= 4 is 11.0 Å². The highest BCUT2D eigenvalue weighted by molar-refractivity contribution is 6.01. The van der Waals surface area contributed by atoms with Gasteiger partial charge in [-0.15, -0.1) is 0 Å². The number of benzene rings is 3. The van der Waals surface area contributed by atoms with Gasteiger partial charge in [0.05, 0.1) is 14.2 Å². The first kappa shape index (κ1) is 16.2. The van der Waals surface area contributed by atoms with Crippen LogP contribution >= 0.6 is 0 Å². The first-order valence-corrected chi connectivity index (χ1v) is 8.20. The summed E-state index contributed by atoms with van der Waals surface area (Å²) >= 11 is 0. The number of methoxy groups -OCH3 is 2. The fourth-order valence-electron chi connectivity index (χ4n) is 3.06. The van der Waals surface area contributed by atoms with Gasteiger partial charge in [-0.2, -0.15) is 0 Å². The average molecular weight is 348 g/mol. The van der Waals surface area contributed by atoms with Crippen LogP contribution in [0.3, 0.4) is 0 Å². The summed E-state index contributed by atoms with van der Waals surface area (Å²) in [5.74, 6) is 1.92. The van der Waals surface area contributed by atoms with Crippen molar-refractivity contribution in [1.82, 2.24) is 0 Å². The molecule has 0 bridgehead atoms. The van der Waals surface area contributed by atoms with Gasteiger partial charge in [-0.3, -0.25) is 0 Å². The Morgan fingerprint density at radius 1 is 0.731 bits per heavy atom. The second-order valence-electron chi connectivity index (χ2n) is 5.90. The summed E-state index contributed by atoms with van der Waals surface area (Å²) in [7, 11) is 3.25. The molecule has 26 heavy (non-hydrogen) atoms. The normalized spacial score (nSPS) is 10.9. The highest BCUT2D eigenvalue weighted by Crippen LogP contribution is 2.41. The lowest BCUT2D eigenvalue weighted by atomic mass is 9.98. The molecule has 0 saturated heterocycles. The third kappa shape index (κ3) is 2.80. The lowest BCUT2D eigenvalue weighted by Crippen LogP contribution is -1.85. The van der Waals surface area contributed by atoms with Crippen molar-refractivity contribution in [3.05, 3.63) is 72.5 Å². The highest BCUT2D eigenvalue weighted by Gasteiger charge is 2.18. The molecule has 4 rings (SSSR count). The molecule has 0 aliphatic carbocycles. The number of hydrogen-bond acceptors (Lipinski definition) is 3. The van der Waals surface area contributed by atoms with Crippen LogP contribution in [0, 0.1) is 5.82 Å². The zero-order valence-corrected chi connectivity index (χ0v) is 14.5. The van der Waals surface area contributed by atoms with E-state index in [1.54, 1.807) is 20.3 Å². The maximum Gasteiger partial charge on any atom is 0.143 e. The Bertz CT molecular complexity index is 1050. The van der Waals surface area contributed by atoms with Gasteiger partial charge in [0.1, 0.15) is 28.7 Å². The maximum atomic E-state index is 13.9. The van der Waals surface area contributed by atoms with E-state index in [1.807, 2.05) is 48.5 Å². The van der Waals surface area contributed by atoms with Crippen LogP contribution < -0.4 is 9.47 Å². The third-order valence-corrected chi connectivity index (χ3v) is 4.38. The summed E-state index contributed by atoms with van der Waals surface area (Å²) in [5.41, 5.74) is 3.32. The molecule has 4 aromatic rings. The van der Waals surface area contributed by atoms with E-state index in [9.17, 15) is 4.39 Å². The number of halogens is 1. The summed E-state index contributed by atoms with van der Waals surface area (Å²) in [6.45, 7) is 0. The van der Waals surface area contributed by atoms with Crippen LogP contribution in [0.1, 0.15) is 0 Å². The second-order valence-corrected chi connectivity index (χ2v) is 5.90. The van der Waals surface area contributed by atoms with Gasteiger partial charge in [-0.1, -0.05) is 12.1 Å². The van der Waals surface area contributed by atoms with Crippen molar-refractivity contribution in [3.63, 3.8) is 0 Å². The molecular formula is C22H17FO3. The van der Waals surface area contributed by atoms with Gasteiger partial charge >= 0.3 is 0 Å². The zero-order valence-electron chi connectivity index (χ0n) is 14.5. The van der Waals surface area contributed by atoms with E-state index < -0.39 is 0 Å². The van der Waals surface area contributed by atoms with E-state index in [-0.39, 0.29) is 5.82 Å². The van der Waals surface area contributed by atoms with Crippen LogP contribution in [0.15, 0.2) is 71.1 Å². The lowest BCUT2D eigenvalue weighted by Gasteiger charge is -2.06. The summed E-state index contributed by atoms with van der Waals surface area (Å²) < 4.78 is 30.4. The molecule has 130 valence electrons. The van der Waals surface area contributed by atoms with Crippen LogP contribution in [-0.2, 0) is 0 Å². The zero-order chi connectivity index (χ0) is 18.1. The maximum absolute atomic E-state index is 13.9. The number of ether oxygens (including phenoxy) is 2. The SMILES string of the molecule is COc1ccc(-c2oc3ccc(F)cc3c2-c2ccc(OC)cc2)cc1. The van der Waals surface area contributed by atoms with Gasteiger partial charge in [0.15, 0.2) is 0 Å². The van der Waals surface area contributed by atoms with E-state index >= 15 is 0 Å². The van der Waals surface area contributed by atoms with Gasteiger partial charge in [0, 0.05) is 16.5 Å². The minimum absolute atomic E-state index is 0.297. The first-order valence-electron chi connectivity index (χ1n) is 8.20. The molecule has 1 aromatic heterocycles. The second kappa shape index (κ2) is 6.56. The van der Waals surface area contributed by atoms with Crippen molar-refractivity contribution in [2.24, 2.45) is 0 Å². The number of rotatable bonds is 4. The monoisotopic (exact) mass is 348 g/mol. The van der Waals surface area contributed by atoms with Gasteiger partial charge < -0.3 is 13.9 Å².